The Balaban J connectivity index is 0.640. The fraction of sp³-hybridized carbons (Fsp3) is 0.541. The Morgan fingerprint density at radius 3 is 1.46 bits per heavy atom. The van der Waals surface area contributed by atoms with Crippen molar-refractivity contribution in [2.45, 2.75) is 122 Å². The number of unbranched alkanes of at least 4 members (excludes halogenated alkanes) is 6. The molecule has 2 aromatic heterocycles. The molecule has 6 aliphatic heterocycles. The number of fused-ring (bicyclic) bond motifs is 2. The molecule has 552 valence electrons. The number of ether oxygens (including phenoxy) is 2. The van der Waals surface area contributed by atoms with E-state index < -0.39 is 142 Å². The molecule has 8 heterocycles. The maximum absolute atomic E-state index is 14.2. The second kappa shape index (κ2) is 34.4. The number of carboxylic acids is 2. The first-order valence-electron chi connectivity index (χ1n) is 33.0. The van der Waals surface area contributed by atoms with E-state index >= 15 is 0 Å². The summed E-state index contributed by atoms with van der Waals surface area (Å²) >= 11 is 5.08. The van der Waals surface area contributed by atoms with Crippen LogP contribution >= 0.6 is 47.0 Å². The van der Waals surface area contributed by atoms with Gasteiger partial charge in [-0.2, -0.15) is 0 Å². The van der Waals surface area contributed by atoms with Crippen molar-refractivity contribution < 1.29 is 86.8 Å². The fourth-order valence-corrected chi connectivity index (χ4v) is 17.9. The number of carbonyl (C=O) groups excluding carboxylic acids is 12. The van der Waals surface area contributed by atoms with Crippen LogP contribution in [0.3, 0.4) is 0 Å². The molecule has 0 aliphatic carbocycles. The lowest BCUT2D eigenvalue weighted by molar-refractivity contribution is -0.164. The molecule has 0 bridgehead atoms. The van der Waals surface area contributed by atoms with Crippen molar-refractivity contribution in [2.75, 3.05) is 69.6 Å². The predicted octanol–water partition coefficient (Wildman–Crippen LogP) is -0.359. The van der Waals surface area contributed by atoms with Crippen LogP contribution in [0.25, 0.3) is 0 Å². The normalized spacial score (nSPS) is 22.2. The summed E-state index contributed by atoms with van der Waals surface area (Å²) in [6.45, 7) is 4.21. The van der Waals surface area contributed by atoms with Crippen molar-refractivity contribution in [2.24, 2.45) is 20.0 Å². The van der Waals surface area contributed by atoms with Crippen LogP contribution < -0.4 is 41.4 Å². The Hall–Kier alpha value is -9.84. The highest BCUT2D eigenvalue weighted by Crippen LogP contribution is 2.44. The number of imide groups is 2. The number of thioether (sulfide) groups is 4. The Labute approximate surface area is 604 Å². The van der Waals surface area contributed by atoms with Gasteiger partial charge in [-0.15, -0.1) is 45.5 Å². The highest BCUT2D eigenvalue weighted by Gasteiger charge is 2.60. The number of hydrogen-bond donors (Lipinski definition) is 8. The predicted molar refractivity (Wildman–Crippen MR) is 364 cm³/mol. The van der Waals surface area contributed by atoms with Crippen LogP contribution in [0, 0.1) is 5.92 Å². The number of carboxylic acid groups (broad SMARTS) is 2. The van der Waals surface area contributed by atoms with Crippen LogP contribution in [-0.4, -0.2) is 273 Å². The van der Waals surface area contributed by atoms with Gasteiger partial charge < -0.3 is 71.2 Å². The average molecular weight is 1510 g/mol. The van der Waals surface area contributed by atoms with E-state index in [1.54, 1.807) is 27.9 Å². The molecule has 8 N–H and O–H groups in total. The maximum atomic E-state index is 14.2. The zero-order valence-electron chi connectivity index (χ0n) is 56.1. The topological polar surface area (TPSA) is 477 Å². The van der Waals surface area contributed by atoms with Crippen molar-refractivity contribution in [1.82, 2.24) is 102 Å². The number of aliphatic carboxylic acids is 2. The third kappa shape index (κ3) is 17.6. The number of benzene rings is 2. The number of piperazine rings is 2. The number of tetrazole rings is 2. The van der Waals surface area contributed by atoms with Gasteiger partial charge in [0.2, 0.25) is 28.8 Å². The molecule has 6 saturated heterocycles. The molecule has 0 spiro atoms. The standard InChI is InChI=1S/C61H76N20O18S4/c1-5-76-24-26-78(51(88)49(76)86)57(94)66-39(45(82)64-41-47(84)80-43(55(90)91)34(28-101-53(41)80)29-103-59-69-71-73-75(59)4)32-14-18-35(19-15-32)98-60(96)62-22-12-10-8-7-9-11-13-23-63-61(97)99-36-20-16-33(17-21-36)40(67-58(95)79-27-25-77(6-2)50(87)52(79)89)46(83)65-42-48(85)81-44(56(92)93)37(30-102-54(42)81)100-31-38-68-70-72-74(38)3/h14-21,34,37,39-44,53-54H,5-13,22-31H2,1-4H3,(H,62,96)(H,63,97)(H,64,82)(H,65,83)(H,66,94)(H,67,95)(H,90,91)(H,92,93)/t34?,37?,39?,40?,41-,42-,43?,44?,53?,54?/m0/s1. The number of likely N-dealkylation sites (N-methyl/N-ethyl adjacent to an activating group) is 2. The van der Waals surface area contributed by atoms with Gasteiger partial charge in [0.15, 0.2) is 5.82 Å². The van der Waals surface area contributed by atoms with Crippen molar-refractivity contribution in [3.63, 3.8) is 0 Å². The number of rotatable bonds is 30. The number of amides is 14. The first kappa shape index (κ1) is 75.8. The zero-order valence-corrected chi connectivity index (χ0v) is 59.4. The monoisotopic (exact) mass is 1500 g/mol. The lowest BCUT2D eigenvalue weighted by Crippen LogP contribution is -2.76. The molecule has 10 rings (SSSR count). The van der Waals surface area contributed by atoms with Crippen molar-refractivity contribution in [3.8, 4) is 11.5 Å². The van der Waals surface area contributed by atoms with Crippen molar-refractivity contribution in [1.29, 1.82) is 0 Å². The molecular formula is C61H76N20O18S4. The van der Waals surface area contributed by atoms with E-state index in [9.17, 15) is 77.3 Å². The largest absolute Gasteiger partial charge is 0.480 e. The van der Waals surface area contributed by atoms with Gasteiger partial charge in [-0.1, -0.05) is 68.1 Å². The summed E-state index contributed by atoms with van der Waals surface area (Å²) in [7, 11) is 3.29. The average Bonchev–Trinajstić information content (AvgIpc) is 0.776. The summed E-state index contributed by atoms with van der Waals surface area (Å²) in [5.74, 6) is -8.20. The molecule has 6 aliphatic rings. The smallest absolute Gasteiger partial charge is 0.412 e. The number of carbonyl (C=O) groups is 14. The van der Waals surface area contributed by atoms with E-state index in [-0.39, 0.29) is 86.5 Å². The van der Waals surface area contributed by atoms with Gasteiger partial charge in [0.1, 0.15) is 58.5 Å². The molecule has 0 saturated carbocycles. The molecule has 2 aromatic carbocycles. The molecule has 103 heavy (non-hydrogen) atoms. The summed E-state index contributed by atoms with van der Waals surface area (Å²) in [4.78, 5) is 192. The molecule has 4 aromatic rings. The lowest BCUT2D eigenvalue weighted by atomic mass is 9.94. The summed E-state index contributed by atoms with van der Waals surface area (Å²) < 4.78 is 13.8. The van der Waals surface area contributed by atoms with Crippen molar-refractivity contribution >= 4 is 130 Å². The second-order valence-corrected chi connectivity index (χ2v) is 28.9. The van der Waals surface area contributed by atoms with Crippen molar-refractivity contribution in [3.05, 3.63) is 65.5 Å². The highest BCUT2D eigenvalue weighted by atomic mass is 32.2. The fourth-order valence-electron chi connectivity index (χ4n) is 12.2. The summed E-state index contributed by atoms with van der Waals surface area (Å²) in [5.41, 5.74) is 0.293. The lowest BCUT2D eigenvalue weighted by Gasteiger charge is -2.54. The van der Waals surface area contributed by atoms with Crippen LogP contribution in [0.5, 0.6) is 11.5 Å². The summed E-state index contributed by atoms with van der Waals surface area (Å²) in [5, 5.41) is 57.3. The van der Waals surface area contributed by atoms with Gasteiger partial charge in [-0.25, -0.2) is 38.1 Å². The van der Waals surface area contributed by atoms with E-state index in [4.69, 9.17) is 9.47 Å². The van der Waals surface area contributed by atoms with Gasteiger partial charge >= 0.3 is 59.8 Å². The first-order valence-corrected chi connectivity index (χ1v) is 37.2. The quantitative estimate of drug-likeness (QED) is 0.0143. The molecule has 14 amide bonds. The Kier molecular flexibility index (Phi) is 25.3. The second-order valence-electron chi connectivity index (χ2n) is 24.4. The number of β-lactam (4-membered cyclic amide) rings is 2. The van der Waals surface area contributed by atoms with Gasteiger partial charge in [-0.05, 0) is 82.9 Å². The molecule has 10 atom stereocenters. The van der Waals surface area contributed by atoms with Gasteiger partial charge in [-0.3, -0.25) is 48.2 Å². The van der Waals surface area contributed by atoms with E-state index in [1.165, 1.54) is 125 Å². The molecular weight excluding hydrogens is 1430 g/mol. The number of nitrogens with one attached hydrogen (secondary N) is 6. The van der Waals surface area contributed by atoms with E-state index in [0.29, 0.717) is 45.1 Å². The van der Waals surface area contributed by atoms with Crippen LogP contribution in [0.1, 0.15) is 87.8 Å². The summed E-state index contributed by atoms with van der Waals surface area (Å²) in [6, 6.07) is 1.06. The van der Waals surface area contributed by atoms with E-state index in [1.807, 2.05) is 0 Å². The van der Waals surface area contributed by atoms with Gasteiger partial charge in [0.25, 0.3) is 0 Å². The molecule has 0 radical (unpaired) electrons. The molecule has 38 nitrogen and oxygen atoms in total. The minimum absolute atomic E-state index is 0.0600. The minimum Gasteiger partial charge on any atom is -0.480 e. The van der Waals surface area contributed by atoms with Crippen LogP contribution in [-0.2, 0) is 67.8 Å². The number of hydrogen-bond acceptors (Lipinski definition) is 26. The third-order valence-electron chi connectivity index (χ3n) is 17.9. The number of nitrogens with zero attached hydrogens (tertiary/aromatic N) is 14. The van der Waals surface area contributed by atoms with E-state index in [2.05, 4.69) is 63.0 Å². The third-order valence-corrected chi connectivity index (χ3v) is 23.4. The highest BCUT2D eigenvalue weighted by molar-refractivity contribution is 8.03. The molecule has 8 unspecified atom stereocenters. The minimum atomic E-state index is -1.56. The number of aromatic nitrogens is 8. The van der Waals surface area contributed by atoms with Gasteiger partial charge in [0.05, 0.1) is 5.75 Å². The van der Waals surface area contributed by atoms with Crippen LogP contribution in [0.15, 0.2) is 53.7 Å². The SMILES string of the molecule is CCN1CCN(C(=O)NC(C(=O)N[C@H]2C(=O)N3C(C(=O)O)C(CSc4nnnn4C)CSC23)c2ccc(OC(=O)NCCCCCCCCCNC(=O)Oc3ccc(C(NC(=O)N4CCN(CC)C(=O)C4=O)C(=O)N[C@H]4C(=O)N5C(C(=O)O)C(SCc6nnnn6C)CSC45)cc3)cc2)C(=O)C1=O. The molecule has 42 heteroatoms. The Morgan fingerprint density at radius 1 is 0.573 bits per heavy atom. The zero-order chi connectivity index (χ0) is 73.8. The summed E-state index contributed by atoms with van der Waals surface area (Å²) in [6.07, 6.45) is 3.86. The first-order chi connectivity index (χ1) is 49.5. The van der Waals surface area contributed by atoms with E-state index in [0.717, 1.165) is 32.1 Å². The van der Waals surface area contributed by atoms with Crippen LogP contribution in [0.4, 0.5) is 19.2 Å². The molecule has 6 fully saturated rings. The Morgan fingerprint density at radius 2 is 1.02 bits per heavy atom. The number of aryl methyl sites for hydroxylation is 2. The number of urea groups is 2. The Bertz CT molecular complexity index is 3650. The maximum Gasteiger partial charge on any atom is 0.412 e. The van der Waals surface area contributed by atoms with Crippen LogP contribution in [0.2, 0.25) is 0 Å². The van der Waals surface area contributed by atoms with Gasteiger partial charge in [0, 0.05) is 94.9 Å².